The number of ether oxygens (including phenoxy) is 1. The van der Waals surface area contributed by atoms with Crippen LogP contribution < -0.4 is 9.64 Å². The quantitative estimate of drug-likeness (QED) is 0.721. The Morgan fingerprint density at radius 3 is 2.72 bits per heavy atom. The maximum absolute atomic E-state index is 14.0. The number of carbonyl (C=O) groups is 2. The molecule has 0 aliphatic carbocycles. The van der Waals surface area contributed by atoms with Gasteiger partial charge >= 0.3 is 0 Å². The molecule has 1 aliphatic heterocycles. The van der Waals surface area contributed by atoms with Gasteiger partial charge in [-0.3, -0.25) is 9.59 Å². The molecule has 4 nitrogen and oxygen atoms in total. The normalized spacial score (nSPS) is 14.0. The van der Waals surface area contributed by atoms with E-state index >= 15 is 0 Å². The molecule has 0 atom stereocenters. The summed E-state index contributed by atoms with van der Waals surface area (Å²) in [5, 5.41) is 0. The highest BCUT2D eigenvalue weighted by atomic mass is 79.9. The maximum Gasteiger partial charge on any atom is 0.258 e. The first-order valence-electron chi connectivity index (χ1n) is 7.65. The van der Waals surface area contributed by atoms with Gasteiger partial charge in [-0.1, -0.05) is 18.2 Å². The second-order valence-corrected chi connectivity index (χ2v) is 6.32. The Bertz CT molecular complexity index is 879. The third-order valence-electron chi connectivity index (χ3n) is 4.10. The van der Waals surface area contributed by atoms with E-state index in [1.165, 1.54) is 19.2 Å². The highest BCUT2D eigenvalue weighted by molar-refractivity contribution is 9.15. The van der Waals surface area contributed by atoms with E-state index in [4.69, 9.17) is 4.74 Å². The summed E-state index contributed by atoms with van der Waals surface area (Å²) < 4.78 is 19.5. The standard InChI is InChI=1S/C19H15BrFNO3/c1-25-17-7-6-12(10-15(17)21)19(24)22-9-8-13(11-23)18(20)14-4-2-3-5-16(14)22/h2-7,10-11H,8-9H2,1H3. The van der Waals surface area contributed by atoms with Gasteiger partial charge in [0.25, 0.3) is 5.91 Å². The number of benzene rings is 2. The van der Waals surface area contributed by atoms with Crippen molar-refractivity contribution in [2.75, 3.05) is 18.6 Å². The van der Waals surface area contributed by atoms with Gasteiger partial charge in [-0.25, -0.2) is 4.39 Å². The van der Waals surface area contributed by atoms with Crippen molar-refractivity contribution in [2.24, 2.45) is 0 Å². The predicted octanol–water partition coefficient (Wildman–Crippen LogP) is 4.19. The van der Waals surface area contributed by atoms with E-state index in [9.17, 15) is 14.0 Å². The Morgan fingerprint density at radius 2 is 2.04 bits per heavy atom. The number of aldehydes is 1. The maximum atomic E-state index is 14.0. The van der Waals surface area contributed by atoms with E-state index < -0.39 is 5.82 Å². The fourth-order valence-electron chi connectivity index (χ4n) is 2.81. The molecule has 0 saturated carbocycles. The fraction of sp³-hybridized carbons (Fsp3) is 0.158. The largest absolute Gasteiger partial charge is 0.494 e. The highest BCUT2D eigenvalue weighted by Gasteiger charge is 2.26. The number of nitrogens with zero attached hydrogens (tertiary/aromatic N) is 1. The monoisotopic (exact) mass is 403 g/mol. The summed E-state index contributed by atoms with van der Waals surface area (Å²) >= 11 is 3.46. The summed E-state index contributed by atoms with van der Waals surface area (Å²) in [5.74, 6) is -0.841. The van der Waals surface area contributed by atoms with Gasteiger partial charge in [-0.2, -0.15) is 0 Å². The zero-order valence-electron chi connectivity index (χ0n) is 13.5. The van der Waals surface area contributed by atoms with Crippen LogP contribution in [0.4, 0.5) is 10.1 Å². The van der Waals surface area contributed by atoms with Gasteiger partial charge in [-0.05, 0) is 46.6 Å². The number of para-hydroxylation sites is 1. The molecule has 128 valence electrons. The molecule has 0 aromatic heterocycles. The van der Waals surface area contributed by atoms with Gasteiger partial charge in [0.1, 0.15) is 6.29 Å². The number of rotatable bonds is 3. The first-order chi connectivity index (χ1) is 12.1. The molecule has 1 aliphatic rings. The molecule has 25 heavy (non-hydrogen) atoms. The van der Waals surface area contributed by atoms with Crippen molar-refractivity contribution in [3.05, 3.63) is 65.0 Å². The molecule has 0 radical (unpaired) electrons. The summed E-state index contributed by atoms with van der Waals surface area (Å²) in [4.78, 5) is 25.9. The summed E-state index contributed by atoms with van der Waals surface area (Å²) in [7, 11) is 1.37. The smallest absolute Gasteiger partial charge is 0.258 e. The molecular weight excluding hydrogens is 389 g/mol. The zero-order chi connectivity index (χ0) is 18.0. The average Bonchev–Trinajstić information content (AvgIpc) is 2.78. The van der Waals surface area contributed by atoms with E-state index in [1.54, 1.807) is 4.90 Å². The lowest BCUT2D eigenvalue weighted by Gasteiger charge is -2.23. The number of hydrogen-bond acceptors (Lipinski definition) is 3. The summed E-state index contributed by atoms with van der Waals surface area (Å²) in [6.07, 6.45) is 1.20. The van der Waals surface area contributed by atoms with Gasteiger partial charge < -0.3 is 9.64 Å². The van der Waals surface area contributed by atoms with Crippen molar-refractivity contribution in [3.8, 4) is 5.75 Å². The van der Waals surface area contributed by atoms with Crippen LogP contribution in [0.1, 0.15) is 22.3 Å². The Balaban J connectivity index is 2.04. The third-order valence-corrected chi connectivity index (χ3v) is 5.04. The second-order valence-electron chi connectivity index (χ2n) is 5.53. The van der Waals surface area contributed by atoms with Crippen LogP contribution in [0, 0.1) is 5.82 Å². The minimum atomic E-state index is -0.593. The van der Waals surface area contributed by atoms with Crippen molar-refractivity contribution in [2.45, 2.75) is 6.42 Å². The molecule has 2 aromatic carbocycles. The lowest BCUT2D eigenvalue weighted by molar-refractivity contribution is -0.104. The molecule has 0 spiro atoms. The zero-order valence-corrected chi connectivity index (χ0v) is 15.0. The molecular formula is C19H15BrFNO3. The molecule has 0 saturated heterocycles. The fourth-order valence-corrected chi connectivity index (χ4v) is 3.43. The van der Waals surface area contributed by atoms with Crippen LogP contribution >= 0.6 is 15.9 Å². The van der Waals surface area contributed by atoms with Gasteiger partial charge in [0, 0.05) is 27.7 Å². The molecule has 0 bridgehead atoms. The molecule has 0 fully saturated rings. The summed E-state index contributed by atoms with van der Waals surface area (Å²) in [6.45, 7) is 0.326. The van der Waals surface area contributed by atoms with Crippen molar-refractivity contribution in [1.82, 2.24) is 0 Å². The molecule has 3 rings (SSSR count). The van der Waals surface area contributed by atoms with E-state index in [2.05, 4.69) is 15.9 Å². The SMILES string of the molecule is COc1ccc(C(=O)N2CCC(C=O)=C(Br)c3ccccc32)cc1F. The Kier molecular flexibility index (Phi) is 4.99. The van der Waals surface area contributed by atoms with Crippen LogP contribution in [0.25, 0.3) is 4.48 Å². The number of fused-ring (bicyclic) bond motifs is 1. The topological polar surface area (TPSA) is 46.6 Å². The van der Waals surface area contributed by atoms with Crippen molar-refractivity contribution in [1.29, 1.82) is 0 Å². The van der Waals surface area contributed by atoms with Crippen LogP contribution in [0.5, 0.6) is 5.75 Å². The summed E-state index contributed by atoms with van der Waals surface area (Å²) in [5.41, 5.74) is 2.24. The first-order valence-corrected chi connectivity index (χ1v) is 8.44. The Labute approximate surface area is 153 Å². The Hall–Kier alpha value is -2.47. The average molecular weight is 404 g/mol. The third kappa shape index (κ3) is 3.22. The van der Waals surface area contributed by atoms with Crippen LogP contribution in [-0.4, -0.2) is 25.8 Å². The Morgan fingerprint density at radius 1 is 1.28 bits per heavy atom. The number of carbonyl (C=O) groups excluding carboxylic acids is 2. The number of anilines is 1. The van der Waals surface area contributed by atoms with Crippen LogP contribution in [0.3, 0.4) is 0 Å². The lowest BCUT2D eigenvalue weighted by atomic mass is 10.1. The van der Waals surface area contributed by atoms with E-state index in [0.717, 1.165) is 17.9 Å². The number of hydrogen-bond donors (Lipinski definition) is 0. The van der Waals surface area contributed by atoms with Crippen molar-refractivity contribution in [3.63, 3.8) is 0 Å². The molecule has 1 amide bonds. The van der Waals surface area contributed by atoms with E-state index in [0.29, 0.717) is 28.7 Å². The van der Waals surface area contributed by atoms with Gasteiger partial charge in [-0.15, -0.1) is 0 Å². The van der Waals surface area contributed by atoms with Crippen molar-refractivity contribution < 1.29 is 18.7 Å². The number of methoxy groups -OCH3 is 1. The molecule has 0 N–H and O–H groups in total. The van der Waals surface area contributed by atoms with Gasteiger partial charge in [0.2, 0.25) is 0 Å². The van der Waals surface area contributed by atoms with Crippen LogP contribution in [0.2, 0.25) is 0 Å². The molecule has 6 heteroatoms. The lowest BCUT2D eigenvalue weighted by Crippen LogP contribution is -2.32. The number of amides is 1. The highest BCUT2D eigenvalue weighted by Crippen LogP contribution is 2.37. The van der Waals surface area contributed by atoms with Gasteiger partial charge in [0.05, 0.1) is 12.8 Å². The second kappa shape index (κ2) is 7.19. The van der Waals surface area contributed by atoms with E-state index in [1.807, 2.05) is 24.3 Å². The van der Waals surface area contributed by atoms with Crippen LogP contribution in [0.15, 0.2) is 48.0 Å². The predicted molar refractivity (Wildman–Crippen MR) is 97.6 cm³/mol. The first kappa shape index (κ1) is 17.4. The minimum absolute atomic E-state index is 0.0838. The minimum Gasteiger partial charge on any atom is -0.494 e. The van der Waals surface area contributed by atoms with Crippen LogP contribution in [-0.2, 0) is 4.79 Å². The summed E-state index contributed by atoms with van der Waals surface area (Å²) in [6, 6.07) is 11.4. The number of halogens is 2. The van der Waals surface area contributed by atoms with E-state index in [-0.39, 0.29) is 17.2 Å². The van der Waals surface area contributed by atoms with Crippen molar-refractivity contribution >= 4 is 38.3 Å². The van der Waals surface area contributed by atoms with Gasteiger partial charge in [0.15, 0.2) is 11.6 Å². The molecule has 2 aromatic rings. The molecule has 1 heterocycles. The molecule has 0 unspecified atom stereocenters.